The van der Waals surface area contributed by atoms with Crippen molar-refractivity contribution in [1.29, 1.82) is 0 Å². The molecule has 2 aromatic rings. The first-order valence-corrected chi connectivity index (χ1v) is 6.66. The number of nitrogen functional groups attached to an aromatic ring is 1. The van der Waals surface area contributed by atoms with E-state index >= 15 is 0 Å². The Morgan fingerprint density at radius 3 is 2.71 bits per heavy atom. The lowest BCUT2D eigenvalue weighted by atomic mass is 10.3. The second-order valence-electron chi connectivity index (χ2n) is 4.78. The summed E-state index contributed by atoms with van der Waals surface area (Å²) in [5.41, 5.74) is 7.57. The Bertz CT molecular complexity index is 604. The van der Waals surface area contributed by atoms with Gasteiger partial charge in [-0.3, -0.25) is 0 Å². The molecule has 7 heteroatoms. The molecule has 2 aromatic heterocycles. The van der Waals surface area contributed by atoms with E-state index in [-0.39, 0.29) is 6.04 Å². The van der Waals surface area contributed by atoms with E-state index < -0.39 is 0 Å². The molecular weight excluding hydrogens is 268 g/mol. The van der Waals surface area contributed by atoms with Crippen molar-refractivity contribution in [3.05, 3.63) is 30.2 Å². The molecule has 0 fully saturated rings. The average Bonchev–Trinajstić information content (AvgIpc) is 2.46. The summed E-state index contributed by atoms with van der Waals surface area (Å²) in [6.45, 7) is 4.51. The Morgan fingerprint density at radius 2 is 2.00 bits per heavy atom. The van der Waals surface area contributed by atoms with Crippen LogP contribution in [0.4, 0.5) is 23.1 Å². The van der Waals surface area contributed by atoms with Gasteiger partial charge in [-0.1, -0.05) is 6.07 Å². The zero-order valence-electron chi connectivity index (χ0n) is 12.4. The third kappa shape index (κ3) is 3.79. The number of hydrogen-bond acceptors (Lipinski definition) is 7. The van der Waals surface area contributed by atoms with Crippen LogP contribution in [0.2, 0.25) is 0 Å². The molecule has 4 N–H and O–H groups in total. The molecule has 1 unspecified atom stereocenters. The van der Waals surface area contributed by atoms with Crippen LogP contribution in [0, 0.1) is 6.92 Å². The van der Waals surface area contributed by atoms with Crippen LogP contribution in [-0.2, 0) is 4.74 Å². The molecule has 0 amide bonds. The molecule has 0 saturated carbocycles. The highest BCUT2D eigenvalue weighted by Crippen LogP contribution is 2.26. The summed E-state index contributed by atoms with van der Waals surface area (Å²) < 4.78 is 5.08. The van der Waals surface area contributed by atoms with Gasteiger partial charge >= 0.3 is 0 Å². The van der Waals surface area contributed by atoms with Crippen molar-refractivity contribution in [1.82, 2.24) is 15.0 Å². The Kier molecular flexibility index (Phi) is 4.89. The van der Waals surface area contributed by atoms with Crippen LogP contribution in [0.15, 0.2) is 24.7 Å². The van der Waals surface area contributed by atoms with Gasteiger partial charge < -0.3 is 21.1 Å². The Morgan fingerprint density at radius 1 is 1.24 bits per heavy atom. The van der Waals surface area contributed by atoms with Crippen LogP contribution in [0.1, 0.15) is 12.5 Å². The van der Waals surface area contributed by atoms with Crippen molar-refractivity contribution in [2.45, 2.75) is 19.9 Å². The smallest absolute Gasteiger partial charge is 0.160 e. The maximum absolute atomic E-state index is 6.11. The van der Waals surface area contributed by atoms with Crippen LogP contribution in [-0.4, -0.2) is 34.7 Å². The molecule has 0 spiro atoms. The lowest BCUT2D eigenvalue weighted by molar-refractivity contribution is 0.190. The fourth-order valence-electron chi connectivity index (χ4n) is 1.86. The molecule has 1 atom stereocenters. The lowest BCUT2D eigenvalue weighted by Crippen LogP contribution is -2.22. The zero-order valence-corrected chi connectivity index (χ0v) is 12.4. The minimum Gasteiger partial charge on any atom is -0.393 e. The van der Waals surface area contributed by atoms with Crippen molar-refractivity contribution in [3.8, 4) is 0 Å². The average molecular weight is 288 g/mol. The summed E-state index contributed by atoms with van der Waals surface area (Å²) in [7, 11) is 1.65. The van der Waals surface area contributed by atoms with Gasteiger partial charge in [-0.05, 0) is 25.5 Å². The summed E-state index contributed by atoms with van der Waals surface area (Å²) in [5, 5.41) is 6.32. The number of rotatable bonds is 6. The highest BCUT2D eigenvalue weighted by Gasteiger charge is 2.11. The standard InChI is InChI=1S/C14H20N6O/c1-9-5-4-6-16-12(9)20-14-11(15)13(17-8-18-14)19-10(2)7-21-3/h4-6,8,10H,7,15H2,1-3H3,(H2,16,17,18,19,20). The monoisotopic (exact) mass is 288 g/mol. The minimum absolute atomic E-state index is 0.0941. The maximum atomic E-state index is 6.11. The number of aryl methyl sites for hydroxylation is 1. The Labute approximate surface area is 124 Å². The lowest BCUT2D eigenvalue weighted by Gasteiger charge is -2.16. The van der Waals surface area contributed by atoms with Gasteiger partial charge in [0.15, 0.2) is 11.6 Å². The molecule has 0 bridgehead atoms. The van der Waals surface area contributed by atoms with Crippen molar-refractivity contribution in [3.63, 3.8) is 0 Å². The molecule has 0 saturated heterocycles. The molecule has 2 rings (SSSR count). The van der Waals surface area contributed by atoms with Crippen molar-refractivity contribution >= 4 is 23.1 Å². The summed E-state index contributed by atoms with van der Waals surface area (Å²) in [6.07, 6.45) is 3.17. The highest BCUT2D eigenvalue weighted by molar-refractivity contribution is 5.77. The number of ether oxygens (including phenoxy) is 1. The number of aromatic nitrogens is 3. The van der Waals surface area contributed by atoms with E-state index in [0.29, 0.717) is 23.9 Å². The predicted molar refractivity (Wildman–Crippen MR) is 83.7 cm³/mol. The fourth-order valence-corrected chi connectivity index (χ4v) is 1.86. The topological polar surface area (TPSA) is 98.0 Å². The molecule has 2 heterocycles. The van der Waals surface area contributed by atoms with Gasteiger partial charge in [0.25, 0.3) is 0 Å². The third-order valence-corrected chi connectivity index (χ3v) is 2.93. The minimum atomic E-state index is 0.0941. The number of pyridine rings is 1. The molecule has 7 nitrogen and oxygen atoms in total. The van der Waals surface area contributed by atoms with E-state index in [1.165, 1.54) is 6.33 Å². The second kappa shape index (κ2) is 6.85. The summed E-state index contributed by atoms with van der Waals surface area (Å²) in [6, 6.07) is 3.94. The van der Waals surface area contributed by atoms with E-state index in [9.17, 15) is 0 Å². The highest BCUT2D eigenvalue weighted by atomic mass is 16.5. The number of nitrogens with one attached hydrogen (secondary N) is 2. The number of hydrogen-bond donors (Lipinski definition) is 3. The van der Waals surface area contributed by atoms with Crippen LogP contribution < -0.4 is 16.4 Å². The zero-order chi connectivity index (χ0) is 15.2. The first kappa shape index (κ1) is 15.0. The SMILES string of the molecule is COCC(C)Nc1ncnc(Nc2ncccc2C)c1N. The van der Waals surface area contributed by atoms with E-state index in [1.807, 2.05) is 26.0 Å². The van der Waals surface area contributed by atoms with Gasteiger partial charge in [0.1, 0.15) is 17.8 Å². The number of nitrogens with zero attached hydrogens (tertiary/aromatic N) is 3. The number of anilines is 4. The summed E-state index contributed by atoms with van der Waals surface area (Å²) in [4.78, 5) is 12.6. The molecular formula is C14H20N6O. The van der Waals surface area contributed by atoms with Gasteiger partial charge in [0, 0.05) is 19.3 Å². The molecule has 0 aliphatic rings. The van der Waals surface area contributed by atoms with Gasteiger partial charge in [0.05, 0.1) is 6.61 Å². The first-order chi connectivity index (χ1) is 10.1. The fraction of sp³-hybridized carbons (Fsp3) is 0.357. The molecule has 0 aromatic carbocycles. The molecule has 0 radical (unpaired) electrons. The summed E-state index contributed by atoms with van der Waals surface area (Å²) >= 11 is 0. The quantitative estimate of drug-likeness (QED) is 0.747. The van der Waals surface area contributed by atoms with Gasteiger partial charge in [-0.25, -0.2) is 15.0 Å². The van der Waals surface area contributed by atoms with E-state index in [1.54, 1.807) is 13.3 Å². The Hall–Kier alpha value is -2.41. The van der Waals surface area contributed by atoms with Crippen LogP contribution >= 0.6 is 0 Å². The third-order valence-electron chi connectivity index (χ3n) is 2.93. The van der Waals surface area contributed by atoms with Gasteiger partial charge in [-0.15, -0.1) is 0 Å². The summed E-state index contributed by atoms with van der Waals surface area (Å²) in [5.74, 6) is 1.82. The van der Waals surface area contributed by atoms with Crippen molar-refractivity contribution in [2.24, 2.45) is 0 Å². The second-order valence-corrected chi connectivity index (χ2v) is 4.78. The molecule has 21 heavy (non-hydrogen) atoms. The van der Waals surface area contributed by atoms with E-state index in [2.05, 4.69) is 25.6 Å². The number of nitrogens with two attached hydrogens (primary N) is 1. The normalized spacial score (nSPS) is 12.0. The maximum Gasteiger partial charge on any atom is 0.160 e. The van der Waals surface area contributed by atoms with Gasteiger partial charge in [0.2, 0.25) is 0 Å². The molecule has 112 valence electrons. The van der Waals surface area contributed by atoms with Crippen LogP contribution in [0.5, 0.6) is 0 Å². The number of methoxy groups -OCH3 is 1. The van der Waals surface area contributed by atoms with Crippen LogP contribution in [0.25, 0.3) is 0 Å². The van der Waals surface area contributed by atoms with Crippen LogP contribution in [0.3, 0.4) is 0 Å². The predicted octanol–water partition coefficient (Wildman–Crippen LogP) is 1.95. The van der Waals surface area contributed by atoms with Gasteiger partial charge in [-0.2, -0.15) is 0 Å². The molecule has 0 aliphatic heterocycles. The van der Waals surface area contributed by atoms with E-state index in [4.69, 9.17) is 10.5 Å². The molecule has 0 aliphatic carbocycles. The van der Waals surface area contributed by atoms with Crippen molar-refractivity contribution in [2.75, 3.05) is 30.1 Å². The first-order valence-electron chi connectivity index (χ1n) is 6.66. The Balaban J connectivity index is 2.20. The van der Waals surface area contributed by atoms with Crippen molar-refractivity contribution < 1.29 is 4.74 Å². The van der Waals surface area contributed by atoms with E-state index in [0.717, 1.165) is 11.4 Å². The largest absolute Gasteiger partial charge is 0.393 e.